The molecule has 0 fully saturated rings. The Bertz CT molecular complexity index is 44.0. The van der Waals surface area contributed by atoms with E-state index in [4.69, 9.17) is 5.11 Å². The molecule has 0 unspecified atom stereocenters. The molecule has 0 heterocycles. The number of aliphatic hydroxyl groups excluding tert-OH is 1. The van der Waals surface area contributed by atoms with E-state index in [2.05, 4.69) is 0 Å². The van der Waals surface area contributed by atoms with Crippen LogP contribution in [0.2, 0.25) is 0 Å². The molecule has 0 saturated carbocycles. The molecule has 3 heteroatoms. The van der Waals surface area contributed by atoms with E-state index in [9.17, 15) is 4.48 Å². The van der Waals surface area contributed by atoms with Crippen LogP contribution in [0.1, 0.15) is 20.3 Å². The van der Waals surface area contributed by atoms with Crippen LogP contribution in [0.4, 0.5) is 4.48 Å². The second-order valence-corrected chi connectivity index (χ2v) is 1.50. The molecule has 0 atom stereocenters. The normalized spacial score (nSPS) is 8.67. The minimum Gasteiger partial charge on any atom is -0.400 e. The van der Waals surface area contributed by atoms with Gasteiger partial charge in [0, 0.05) is 20.2 Å². The molecule has 2 nitrogen and oxygen atoms in total. The Balaban J connectivity index is 0. The summed E-state index contributed by atoms with van der Waals surface area (Å²) in [5, 5.41) is 7.81. The van der Waals surface area contributed by atoms with Crippen molar-refractivity contribution in [2.45, 2.75) is 20.3 Å². The molecule has 0 aliphatic heterocycles. The first-order valence-corrected chi connectivity index (χ1v) is 3.16. The van der Waals surface area contributed by atoms with Gasteiger partial charge in [0.2, 0.25) is 0 Å². The molecule has 1 N–H and O–H groups in total. The predicted molar refractivity (Wildman–Crippen MR) is 36.8 cm³/mol. The average Bonchev–Trinajstić information content (AvgIpc) is 1.93. The third-order valence-corrected chi connectivity index (χ3v) is 0.809. The summed E-state index contributed by atoms with van der Waals surface area (Å²) in [6, 6.07) is 0. The fourth-order valence-electron chi connectivity index (χ4n) is 0.401. The summed E-state index contributed by atoms with van der Waals surface area (Å²) >= 11 is 0. The van der Waals surface area contributed by atoms with Crippen molar-refractivity contribution in [3.8, 4) is 0 Å². The molecule has 0 aromatic carbocycles. The fourth-order valence-corrected chi connectivity index (χ4v) is 0.401. The third kappa shape index (κ3) is 11.4. The molecule has 0 bridgehead atoms. The zero-order chi connectivity index (χ0) is 7.70. The van der Waals surface area contributed by atoms with Gasteiger partial charge in [0.15, 0.2) is 0 Å². The van der Waals surface area contributed by atoms with Crippen LogP contribution in [0.3, 0.4) is 0 Å². The summed E-state index contributed by atoms with van der Waals surface area (Å²) in [7, 11) is 1.00. The molecule has 0 saturated heterocycles. The quantitative estimate of drug-likeness (QED) is 0.591. The first-order valence-electron chi connectivity index (χ1n) is 3.16. The van der Waals surface area contributed by atoms with Crippen molar-refractivity contribution in [2.75, 3.05) is 20.2 Å². The van der Waals surface area contributed by atoms with Crippen molar-refractivity contribution in [1.82, 2.24) is 5.12 Å². The molecule has 0 amide bonds. The Morgan fingerprint density at radius 2 is 1.78 bits per heavy atom. The summed E-state index contributed by atoms with van der Waals surface area (Å²) in [6.45, 7) is 4.84. The van der Waals surface area contributed by atoms with Crippen LogP contribution in [0.15, 0.2) is 0 Å². The molecule has 0 radical (unpaired) electrons. The van der Waals surface area contributed by atoms with Gasteiger partial charge in [0.05, 0.1) is 0 Å². The number of aliphatic hydroxyl groups is 1. The van der Waals surface area contributed by atoms with Crippen molar-refractivity contribution in [2.24, 2.45) is 0 Å². The summed E-state index contributed by atoms with van der Waals surface area (Å²) in [4.78, 5) is 0. The van der Waals surface area contributed by atoms with E-state index in [1.54, 1.807) is 6.92 Å². The molecular formula is C6H16FNO. The monoisotopic (exact) mass is 137 g/mol. The molecule has 0 aromatic rings. The third-order valence-electron chi connectivity index (χ3n) is 0.809. The number of rotatable bonds is 3. The van der Waals surface area contributed by atoms with Crippen LogP contribution in [0.25, 0.3) is 0 Å². The standard InChI is InChI=1S/C5H12FN.CH4O/c1-3-5-7(6)4-2;1-2/h3-5H2,1-2H3;2H,1H3. The van der Waals surface area contributed by atoms with Crippen LogP contribution in [-0.4, -0.2) is 30.4 Å². The number of hydrogen-bond donors (Lipinski definition) is 1. The average molecular weight is 137 g/mol. The van der Waals surface area contributed by atoms with Crippen molar-refractivity contribution >= 4 is 0 Å². The highest BCUT2D eigenvalue weighted by molar-refractivity contribution is 4.34. The first kappa shape index (κ1) is 11.6. The lowest BCUT2D eigenvalue weighted by Crippen LogP contribution is -2.12. The Labute approximate surface area is 56.2 Å². The molecule has 9 heavy (non-hydrogen) atoms. The number of hydrogen-bond acceptors (Lipinski definition) is 2. The minimum atomic E-state index is 0.508. The number of halogens is 1. The first-order chi connectivity index (χ1) is 4.31. The summed E-state index contributed by atoms with van der Waals surface area (Å²) in [5.41, 5.74) is 0. The molecule has 0 aliphatic carbocycles. The van der Waals surface area contributed by atoms with E-state index in [0.29, 0.717) is 13.1 Å². The van der Waals surface area contributed by atoms with Gasteiger partial charge in [-0.25, -0.2) is 0 Å². The zero-order valence-corrected chi connectivity index (χ0v) is 6.39. The fraction of sp³-hybridized carbons (Fsp3) is 1.00. The maximum Gasteiger partial charge on any atom is 0.0319 e. The van der Waals surface area contributed by atoms with Crippen LogP contribution in [-0.2, 0) is 0 Å². The van der Waals surface area contributed by atoms with E-state index in [1.807, 2.05) is 6.92 Å². The number of nitrogens with zero attached hydrogens (tertiary/aromatic N) is 1. The second kappa shape index (κ2) is 10.8. The predicted octanol–water partition coefficient (Wildman–Crippen LogP) is 1.21. The van der Waals surface area contributed by atoms with Crippen molar-refractivity contribution in [1.29, 1.82) is 0 Å². The largest absolute Gasteiger partial charge is 0.400 e. The Kier molecular flexibility index (Phi) is 13.9. The van der Waals surface area contributed by atoms with Crippen LogP contribution >= 0.6 is 0 Å². The Morgan fingerprint density at radius 1 is 1.33 bits per heavy atom. The van der Waals surface area contributed by atoms with Gasteiger partial charge in [-0.15, -0.1) is 9.60 Å². The van der Waals surface area contributed by atoms with Crippen molar-refractivity contribution in [3.63, 3.8) is 0 Å². The zero-order valence-electron chi connectivity index (χ0n) is 6.39. The lowest BCUT2D eigenvalue weighted by molar-refractivity contribution is 0.0323. The summed E-state index contributed by atoms with van der Waals surface area (Å²) < 4.78 is 12.0. The van der Waals surface area contributed by atoms with E-state index in [1.165, 1.54) is 0 Å². The summed E-state index contributed by atoms with van der Waals surface area (Å²) in [5.74, 6) is 0. The van der Waals surface area contributed by atoms with E-state index in [0.717, 1.165) is 18.7 Å². The highest BCUT2D eigenvalue weighted by atomic mass is 19.2. The van der Waals surface area contributed by atoms with Crippen LogP contribution in [0, 0.1) is 0 Å². The summed E-state index contributed by atoms with van der Waals surface area (Å²) in [6.07, 6.45) is 0.893. The van der Waals surface area contributed by atoms with Crippen LogP contribution in [0.5, 0.6) is 0 Å². The van der Waals surface area contributed by atoms with Gasteiger partial charge in [0.25, 0.3) is 0 Å². The highest BCUT2D eigenvalue weighted by Gasteiger charge is 1.91. The lowest BCUT2D eigenvalue weighted by Gasteiger charge is -2.03. The van der Waals surface area contributed by atoms with Gasteiger partial charge < -0.3 is 5.11 Å². The maximum atomic E-state index is 12.0. The highest BCUT2D eigenvalue weighted by Crippen LogP contribution is 1.87. The topological polar surface area (TPSA) is 23.5 Å². The van der Waals surface area contributed by atoms with Crippen molar-refractivity contribution < 1.29 is 9.59 Å². The van der Waals surface area contributed by atoms with Gasteiger partial charge in [-0.3, -0.25) is 0 Å². The molecule has 0 rings (SSSR count). The van der Waals surface area contributed by atoms with E-state index < -0.39 is 0 Å². The SMILES string of the molecule is CCCN(F)CC.CO. The van der Waals surface area contributed by atoms with E-state index in [-0.39, 0.29) is 0 Å². The molecule has 0 spiro atoms. The van der Waals surface area contributed by atoms with Gasteiger partial charge in [0.1, 0.15) is 0 Å². The van der Waals surface area contributed by atoms with Crippen LogP contribution < -0.4 is 0 Å². The lowest BCUT2D eigenvalue weighted by atomic mass is 10.5. The van der Waals surface area contributed by atoms with Gasteiger partial charge in [-0.2, -0.15) is 0 Å². The second-order valence-electron chi connectivity index (χ2n) is 1.50. The molecule has 58 valence electrons. The van der Waals surface area contributed by atoms with Gasteiger partial charge in [-0.1, -0.05) is 6.92 Å². The Hall–Kier alpha value is -0.150. The van der Waals surface area contributed by atoms with Gasteiger partial charge in [-0.05, 0) is 13.3 Å². The molecule has 0 aliphatic rings. The Morgan fingerprint density at radius 3 is 1.89 bits per heavy atom. The minimum absolute atomic E-state index is 0.508. The maximum absolute atomic E-state index is 12.0. The van der Waals surface area contributed by atoms with Crippen molar-refractivity contribution in [3.05, 3.63) is 0 Å². The molecule has 0 aromatic heterocycles. The molecular weight excluding hydrogens is 121 g/mol. The van der Waals surface area contributed by atoms with Gasteiger partial charge >= 0.3 is 0 Å². The smallest absolute Gasteiger partial charge is 0.0319 e. The van der Waals surface area contributed by atoms with E-state index >= 15 is 0 Å².